The molecule has 0 aliphatic carbocycles. The molecule has 0 amide bonds. The summed E-state index contributed by atoms with van der Waals surface area (Å²) < 4.78 is 0. The standard InChI is InChI=1S/C7H18N2/c1-6(2)4-7(8)5-9-3/h6-7,9H,4-5,8H2,1-3H3/t7-/m0/s1. The predicted octanol–water partition coefficient (Wildman–Crippen LogP) is 0.579. The normalized spacial score (nSPS) is 14.3. The van der Waals surface area contributed by atoms with Crippen LogP contribution < -0.4 is 11.1 Å². The van der Waals surface area contributed by atoms with E-state index < -0.39 is 0 Å². The Kier molecular flexibility index (Phi) is 4.72. The molecule has 0 unspecified atom stereocenters. The third-order valence-electron chi connectivity index (χ3n) is 1.24. The summed E-state index contributed by atoms with van der Waals surface area (Å²) in [5.74, 6) is 0.716. The zero-order chi connectivity index (χ0) is 7.28. The van der Waals surface area contributed by atoms with Gasteiger partial charge in [0.25, 0.3) is 0 Å². The highest BCUT2D eigenvalue weighted by atomic mass is 14.9. The van der Waals surface area contributed by atoms with E-state index in [0.29, 0.717) is 12.0 Å². The van der Waals surface area contributed by atoms with Crippen LogP contribution in [0.3, 0.4) is 0 Å². The first-order valence-electron chi connectivity index (χ1n) is 3.57. The summed E-state index contributed by atoms with van der Waals surface area (Å²) >= 11 is 0. The monoisotopic (exact) mass is 130 g/mol. The van der Waals surface area contributed by atoms with Crippen LogP contribution in [-0.4, -0.2) is 19.6 Å². The van der Waals surface area contributed by atoms with Crippen LogP contribution >= 0.6 is 0 Å². The highest BCUT2D eigenvalue weighted by Gasteiger charge is 2.02. The molecule has 3 N–H and O–H groups in total. The van der Waals surface area contributed by atoms with E-state index in [-0.39, 0.29) is 0 Å². The molecular weight excluding hydrogens is 112 g/mol. The van der Waals surface area contributed by atoms with Gasteiger partial charge in [0.15, 0.2) is 0 Å². The summed E-state index contributed by atoms with van der Waals surface area (Å²) in [5.41, 5.74) is 5.72. The van der Waals surface area contributed by atoms with Crippen molar-refractivity contribution in [2.45, 2.75) is 26.3 Å². The summed E-state index contributed by atoms with van der Waals surface area (Å²) in [4.78, 5) is 0. The third-order valence-corrected chi connectivity index (χ3v) is 1.24. The van der Waals surface area contributed by atoms with Gasteiger partial charge in [-0.2, -0.15) is 0 Å². The molecule has 9 heavy (non-hydrogen) atoms. The van der Waals surface area contributed by atoms with E-state index in [4.69, 9.17) is 5.73 Å². The average Bonchev–Trinajstić information content (AvgIpc) is 1.63. The lowest BCUT2D eigenvalue weighted by molar-refractivity contribution is 0.481. The maximum absolute atomic E-state index is 5.72. The molecule has 0 rings (SSSR count). The SMILES string of the molecule is CNC[C@@H](N)CC(C)C. The Hall–Kier alpha value is -0.0800. The Labute approximate surface area is 57.8 Å². The number of hydrogen-bond acceptors (Lipinski definition) is 2. The smallest absolute Gasteiger partial charge is 0.0167 e. The second-order valence-corrected chi connectivity index (χ2v) is 2.95. The third kappa shape index (κ3) is 5.80. The van der Waals surface area contributed by atoms with E-state index in [0.717, 1.165) is 13.0 Å². The fourth-order valence-electron chi connectivity index (χ4n) is 0.951. The first-order valence-corrected chi connectivity index (χ1v) is 3.57. The van der Waals surface area contributed by atoms with Crippen molar-refractivity contribution >= 4 is 0 Å². The molecule has 0 heterocycles. The lowest BCUT2D eigenvalue weighted by atomic mass is 10.1. The van der Waals surface area contributed by atoms with E-state index in [1.54, 1.807) is 0 Å². The van der Waals surface area contributed by atoms with Crippen molar-refractivity contribution in [3.05, 3.63) is 0 Å². The molecule has 0 saturated heterocycles. The minimum absolute atomic E-state index is 0.329. The van der Waals surface area contributed by atoms with Gasteiger partial charge in [0, 0.05) is 12.6 Å². The van der Waals surface area contributed by atoms with Crippen molar-refractivity contribution in [1.29, 1.82) is 0 Å². The molecule has 0 saturated carbocycles. The van der Waals surface area contributed by atoms with Crippen molar-refractivity contribution in [2.24, 2.45) is 11.7 Å². The van der Waals surface area contributed by atoms with Crippen LogP contribution in [-0.2, 0) is 0 Å². The zero-order valence-electron chi connectivity index (χ0n) is 6.65. The first kappa shape index (κ1) is 8.92. The fraction of sp³-hybridized carbons (Fsp3) is 1.00. The van der Waals surface area contributed by atoms with Gasteiger partial charge in [-0.3, -0.25) is 0 Å². The Morgan fingerprint density at radius 2 is 2.00 bits per heavy atom. The van der Waals surface area contributed by atoms with Gasteiger partial charge in [-0.15, -0.1) is 0 Å². The van der Waals surface area contributed by atoms with Crippen LogP contribution in [0.25, 0.3) is 0 Å². The van der Waals surface area contributed by atoms with Gasteiger partial charge in [-0.05, 0) is 19.4 Å². The molecule has 2 nitrogen and oxygen atoms in total. The second kappa shape index (κ2) is 4.77. The van der Waals surface area contributed by atoms with Crippen LogP contribution in [0.4, 0.5) is 0 Å². The Morgan fingerprint density at radius 1 is 1.44 bits per heavy atom. The van der Waals surface area contributed by atoms with Crippen LogP contribution in [0.5, 0.6) is 0 Å². The van der Waals surface area contributed by atoms with Crippen molar-refractivity contribution < 1.29 is 0 Å². The molecule has 0 aromatic heterocycles. The second-order valence-electron chi connectivity index (χ2n) is 2.95. The van der Waals surface area contributed by atoms with Gasteiger partial charge >= 0.3 is 0 Å². The molecule has 0 aliphatic heterocycles. The van der Waals surface area contributed by atoms with Gasteiger partial charge in [0.1, 0.15) is 0 Å². The molecule has 0 fully saturated rings. The summed E-state index contributed by atoms with van der Waals surface area (Å²) in [6.07, 6.45) is 1.11. The lowest BCUT2D eigenvalue weighted by Gasteiger charge is -2.12. The predicted molar refractivity (Wildman–Crippen MR) is 41.4 cm³/mol. The van der Waals surface area contributed by atoms with Gasteiger partial charge < -0.3 is 11.1 Å². The molecular formula is C7H18N2. The summed E-state index contributed by atoms with van der Waals surface area (Å²) in [6.45, 7) is 5.31. The van der Waals surface area contributed by atoms with Crippen LogP contribution in [0.1, 0.15) is 20.3 Å². The summed E-state index contributed by atoms with van der Waals surface area (Å²) in [7, 11) is 1.93. The molecule has 2 heteroatoms. The van der Waals surface area contributed by atoms with E-state index >= 15 is 0 Å². The molecule has 0 bridgehead atoms. The minimum Gasteiger partial charge on any atom is -0.327 e. The van der Waals surface area contributed by atoms with Crippen molar-refractivity contribution in [1.82, 2.24) is 5.32 Å². The molecule has 0 spiro atoms. The Morgan fingerprint density at radius 3 is 2.33 bits per heavy atom. The maximum Gasteiger partial charge on any atom is 0.0167 e. The quantitative estimate of drug-likeness (QED) is 0.584. The van der Waals surface area contributed by atoms with E-state index in [1.165, 1.54) is 0 Å². The largest absolute Gasteiger partial charge is 0.327 e. The highest BCUT2D eigenvalue weighted by Crippen LogP contribution is 2.00. The Bertz CT molecular complexity index is 61.9. The maximum atomic E-state index is 5.72. The number of likely N-dealkylation sites (N-methyl/N-ethyl adjacent to an activating group) is 1. The number of nitrogens with one attached hydrogen (secondary N) is 1. The summed E-state index contributed by atoms with van der Waals surface area (Å²) in [6, 6.07) is 0.329. The van der Waals surface area contributed by atoms with Crippen LogP contribution in [0.15, 0.2) is 0 Å². The van der Waals surface area contributed by atoms with Gasteiger partial charge in [-0.25, -0.2) is 0 Å². The molecule has 0 aliphatic rings. The van der Waals surface area contributed by atoms with Crippen LogP contribution in [0, 0.1) is 5.92 Å². The molecule has 0 aromatic carbocycles. The fourth-order valence-corrected chi connectivity index (χ4v) is 0.951. The topological polar surface area (TPSA) is 38.0 Å². The van der Waals surface area contributed by atoms with Gasteiger partial charge in [-0.1, -0.05) is 13.8 Å². The number of nitrogens with two attached hydrogens (primary N) is 1. The lowest BCUT2D eigenvalue weighted by Crippen LogP contribution is -2.32. The minimum atomic E-state index is 0.329. The highest BCUT2D eigenvalue weighted by molar-refractivity contribution is 4.64. The first-order chi connectivity index (χ1) is 4.16. The zero-order valence-corrected chi connectivity index (χ0v) is 6.65. The molecule has 0 radical (unpaired) electrons. The number of hydrogen-bond donors (Lipinski definition) is 2. The molecule has 1 atom stereocenters. The number of rotatable bonds is 4. The van der Waals surface area contributed by atoms with Gasteiger partial charge in [0.2, 0.25) is 0 Å². The van der Waals surface area contributed by atoms with Crippen molar-refractivity contribution in [3.8, 4) is 0 Å². The van der Waals surface area contributed by atoms with E-state index in [2.05, 4.69) is 19.2 Å². The van der Waals surface area contributed by atoms with E-state index in [1.807, 2.05) is 7.05 Å². The molecule has 56 valence electrons. The molecule has 0 aromatic rings. The average molecular weight is 130 g/mol. The Balaban J connectivity index is 3.15. The van der Waals surface area contributed by atoms with Crippen molar-refractivity contribution in [3.63, 3.8) is 0 Å². The van der Waals surface area contributed by atoms with Crippen molar-refractivity contribution in [2.75, 3.05) is 13.6 Å². The van der Waals surface area contributed by atoms with Crippen LogP contribution in [0.2, 0.25) is 0 Å². The van der Waals surface area contributed by atoms with E-state index in [9.17, 15) is 0 Å². The van der Waals surface area contributed by atoms with Gasteiger partial charge in [0.05, 0.1) is 0 Å². The summed E-state index contributed by atoms with van der Waals surface area (Å²) in [5, 5.41) is 3.05.